The van der Waals surface area contributed by atoms with Gasteiger partial charge in [0.05, 0.1) is 13.1 Å². The fourth-order valence-corrected chi connectivity index (χ4v) is 4.60. The summed E-state index contributed by atoms with van der Waals surface area (Å²) in [4.78, 5) is 31.4. The minimum atomic E-state index is 0.170. The van der Waals surface area contributed by atoms with Crippen LogP contribution in [0.5, 0.6) is 0 Å². The zero-order valence-corrected chi connectivity index (χ0v) is 17.1. The summed E-state index contributed by atoms with van der Waals surface area (Å²) in [5, 5.41) is 3.22. The van der Waals surface area contributed by atoms with Crippen molar-refractivity contribution in [2.75, 3.05) is 52.4 Å². The number of rotatable bonds is 5. The van der Waals surface area contributed by atoms with E-state index >= 15 is 0 Å². The van der Waals surface area contributed by atoms with Crippen molar-refractivity contribution in [2.45, 2.75) is 64.3 Å². The van der Waals surface area contributed by atoms with Crippen LogP contribution in [-0.4, -0.2) is 84.9 Å². The molecule has 2 saturated heterocycles. The van der Waals surface area contributed by atoms with Crippen molar-refractivity contribution < 1.29 is 9.59 Å². The largest absolute Gasteiger partial charge is 0.352 e. The Balaban J connectivity index is 1.32. The van der Waals surface area contributed by atoms with E-state index in [1.807, 2.05) is 0 Å². The fraction of sp³-hybridized carbons (Fsp3) is 0.905. The number of nitrogens with zero attached hydrogens (tertiary/aromatic N) is 3. The maximum Gasteiger partial charge on any atom is 0.236 e. The van der Waals surface area contributed by atoms with Gasteiger partial charge in [0.2, 0.25) is 11.8 Å². The molecule has 0 aromatic carbocycles. The summed E-state index contributed by atoms with van der Waals surface area (Å²) in [7, 11) is 0. The Morgan fingerprint density at radius 3 is 1.93 bits per heavy atom. The normalized spacial score (nSPS) is 28.6. The monoisotopic (exact) mass is 378 g/mol. The van der Waals surface area contributed by atoms with Gasteiger partial charge in [-0.2, -0.15) is 0 Å². The molecular formula is C21H38N4O2. The van der Waals surface area contributed by atoms with Crippen molar-refractivity contribution in [3.63, 3.8) is 0 Å². The zero-order valence-electron chi connectivity index (χ0n) is 17.1. The van der Waals surface area contributed by atoms with Gasteiger partial charge in [0.1, 0.15) is 0 Å². The first-order valence-electron chi connectivity index (χ1n) is 11.1. The first-order valence-corrected chi connectivity index (χ1v) is 11.1. The van der Waals surface area contributed by atoms with Crippen molar-refractivity contribution in [2.24, 2.45) is 5.92 Å². The second-order valence-corrected chi connectivity index (χ2v) is 8.87. The van der Waals surface area contributed by atoms with Crippen molar-refractivity contribution in [3.8, 4) is 0 Å². The fourth-order valence-electron chi connectivity index (χ4n) is 4.60. The molecule has 0 spiro atoms. The first kappa shape index (κ1) is 20.6. The number of carbonyl (C=O) groups excluding carboxylic acids is 2. The number of hydrogen-bond acceptors (Lipinski definition) is 4. The highest BCUT2D eigenvalue weighted by Gasteiger charge is 2.24. The van der Waals surface area contributed by atoms with Crippen LogP contribution in [-0.2, 0) is 9.59 Å². The van der Waals surface area contributed by atoms with E-state index in [1.165, 1.54) is 25.7 Å². The molecule has 0 bridgehead atoms. The predicted molar refractivity (Wildman–Crippen MR) is 107 cm³/mol. The van der Waals surface area contributed by atoms with Gasteiger partial charge in [0.25, 0.3) is 0 Å². The standard InChI is InChI=1S/C21H38N4O2/c1-18-6-8-19(9-7-18)22-20(26)16-23-12-14-24(15-13-23)17-21(27)25-10-4-2-3-5-11-25/h18-19H,2-17H2,1H3,(H,22,26). The van der Waals surface area contributed by atoms with Gasteiger partial charge in [-0.15, -0.1) is 0 Å². The summed E-state index contributed by atoms with van der Waals surface area (Å²) in [5.41, 5.74) is 0. The Bertz CT molecular complexity index is 475. The maximum absolute atomic E-state index is 12.5. The maximum atomic E-state index is 12.5. The minimum Gasteiger partial charge on any atom is -0.352 e. The van der Waals surface area contributed by atoms with Gasteiger partial charge in [-0.25, -0.2) is 0 Å². The number of amides is 2. The average Bonchev–Trinajstić information content (AvgIpc) is 2.95. The molecule has 6 heteroatoms. The van der Waals surface area contributed by atoms with Crippen LogP contribution >= 0.6 is 0 Å². The molecule has 0 aromatic rings. The Morgan fingerprint density at radius 1 is 0.778 bits per heavy atom. The van der Waals surface area contributed by atoms with E-state index in [0.29, 0.717) is 19.1 Å². The molecule has 2 amide bonds. The topological polar surface area (TPSA) is 55.9 Å². The highest BCUT2D eigenvalue weighted by molar-refractivity contribution is 5.79. The molecule has 1 aliphatic carbocycles. The number of carbonyl (C=O) groups is 2. The molecule has 154 valence electrons. The summed E-state index contributed by atoms with van der Waals surface area (Å²) >= 11 is 0. The van der Waals surface area contributed by atoms with Gasteiger partial charge < -0.3 is 10.2 Å². The van der Waals surface area contributed by atoms with Gasteiger partial charge in [0, 0.05) is 45.3 Å². The molecule has 3 rings (SSSR count). The van der Waals surface area contributed by atoms with Crippen molar-refractivity contribution in [1.29, 1.82) is 0 Å². The second kappa shape index (κ2) is 10.4. The van der Waals surface area contributed by atoms with E-state index in [9.17, 15) is 9.59 Å². The number of hydrogen-bond donors (Lipinski definition) is 1. The van der Waals surface area contributed by atoms with Crippen LogP contribution in [0.25, 0.3) is 0 Å². The van der Waals surface area contributed by atoms with Gasteiger partial charge in [-0.1, -0.05) is 19.8 Å². The van der Waals surface area contributed by atoms with E-state index in [2.05, 4.69) is 26.9 Å². The molecule has 1 N–H and O–H groups in total. The lowest BCUT2D eigenvalue weighted by Gasteiger charge is -2.35. The molecule has 0 atom stereocenters. The van der Waals surface area contributed by atoms with Crippen molar-refractivity contribution in [1.82, 2.24) is 20.0 Å². The Morgan fingerprint density at radius 2 is 1.33 bits per heavy atom. The lowest BCUT2D eigenvalue weighted by atomic mass is 9.87. The lowest BCUT2D eigenvalue weighted by Crippen LogP contribution is -2.52. The molecule has 3 aliphatic rings. The van der Waals surface area contributed by atoms with Crippen LogP contribution in [0.3, 0.4) is 0 Å². The third kappa shape index (κ3) is 6.75. The van der Waals surface area contributed by atoms with Gasteiger partial charge in [-0.3, -0.25) is 19.4 Å². The van der Waals surface area contributed by atoms with Crippen LogP contribution < -0.4 is 5.32 Å². The molecule has 1 saturated carbocycles. The van der Waals surface area contributed by atoms with Crippen LogP contribution in [0.4, 0.5) is 0 Å². The molecule has 6 nitrogen and oxygen atoms in total. The smallest absolute Gasteiger partial charge is 0.236 e. The van der Waals surface area contributed by atoms with E-state index in [-0.39, 0.29) is 11.8 Å². The summed E-state index contributed by atoms with van der Waals surface area (Å²) < 4.78 is 0. The van der Waals surface area contributed by atoms with Crippen molar-refractivity contribution >= 4 is 11.8 Å². The molecule has 2 heterocycles. The summed E-state index contributed by atoms with van der Waals surface area (Å²) in [6.07, 6.45) is 9.51. The molecular weight excluding hydrogens is 340 g/mol. The highest BCUT2D eigenvalue weighted by atomic mass is 16.2. The predicted octanol–water partition coefficient (Wildman–Crippen LogP) is 1.70. The Kier molecular flexibility index (Phi) is 7.94. The molecule has 0 aromatic heterocycles. The van der Waals surface area contributed by atoms with Crippen LogP contribution in [0.1, 0.15) is 58.3 Å². The van der Waals surface area contributed by atoms with Crippen molar-refractivity contribution in [3.05, 3.63) is 0 Å². The number of nitrogens with one attached hydrogen (secondary N) is 1. The Hall–Kier alpha value is -1.14. The molecule has 0 unspecified atom stereocenters. The third-order valence-corrected chi connectivity index (χ3v) is 6.53. The van der Waals surface area contributed by atoms with Gasteiger partial charge in [0.15, 0.2) is 0 Å². The molecule has 3 fully saturated rings. The lowest BCUT2D eigenvalue weighted by molar-refractivity contribution is -0.133. The van der Waals surface area contributed by atoms with Crippen LogP contribution in [0.2, 0.25) is 0 Å². The van der Waals surface area contributed by atoms with Gasteiger partial charge >= 0.3 is 0 Å². The van der Waals surface area contributed by atoms with E-state index in [4.69, 9.17) is 0 Å². The number of likely N-dealkylation sites (tertiary alicyclic amines) is 1. The zero-order chi connectivity index (χ0) is 19.1. The van der Waals surface area contributed by atoms with E-state index < -0.39 is 0 Å². The third-order valence-electron chi connectivity index (χ3n) is 6.53. The summed E-state index contributed by atoms with van der Waals surface area (Å²) in [5.74, 6) is 1.27. The van der Waals surface area contributed by atoms with E-state index in [0.717, 1.165) is 70.9 Å². The first-order chi connectivity index (χ1) is 13.1. The van der Waals surface area contributed by atoms with Gasteiger partial charge in [-0.05, 0) is 44.4 Å². The summed E-state index contributed by atoms with van der Waals surface area (Å²) in [6.45, 7) is 8.72. The molecule has 2 aliphatic heterocycles. The SMILES string of the molecule is CC1CCC(NC(=O)CN2CCN(CC(=O)N3CCCCCC3)CC2)CC1. The second-order valence-electron chi connectivity index (χ2n) is 8.87. The number of piperazine rings is 1. The molecule has 27 heavy (non-hydrogen) atoms. The highest BCUT2D eigenvalue weighted by Crippen LogP contribution is 2.23. The minimum absolute atomic E-state index is 0.170. The summed E-state index contributed by atoms with van der Waals surface area (Å²) in [6, 6.07) is 0.376. The quantitative estimate of drug-likeness (QED) is 0.791. The van der Waals surface area contributed by atoms with Crippen LogP contribution in [0, 0.1) is 5.92 Å². The van der Waals surface area contributed by atoms with E-state index in [1.54, 1.807) is 0 Å². The van der Waals surface area contributed by atoms with Crippen LogP contribution in [0.15, 0.2) is 0 Å². The average molecular weight is 379 g/mol. The Labute approximate surface area is 164 Å². The molecule has 0 radical (unpaired) electrons.